The number of hydrogen-bond acceptors (Lipinski definition) is 4. The first-order valence-electron chi connectivity index (χ1n) is 6.45. The molecular weight excluding hydrogens is 218 g/mol. The molecule has 0 aromatic heterocycles. The van der Waals surface area contributed by atoms with Gasteiger partial charge in [0.05, 0.1) is 6.10 Å². The molecule has 2 saturated heterocycles. The highest BCUT2D eigenvalue weighted by molar-refractivity contribution is 5.81. The van der Waals surface area contributed by atoms with Crippen LogP contribution in [0, 0.1) is 11.8 Å². The van der Waals surface area contributed by atoms with Crippen LogP contribution in [0.4, 0.5) is 0 Å². The van der Waals surface area contributed by atoms with Gasteiger partial charge in [-0.25, -0.2) is 0 Å². The lowest BCUT2D eigenvalue weighted by Crippen LogP contribution is -2.44. The monoisotopic (exact) mass is 241 g/mol. The topological polar surface area (TPSA) is 40.0 Å². The molecule has 0 aromatic carbocycles. The second-order valence-corrected chi connectivity index (χ2v) is 5.38. The van der Waals surface area contributed by atoms with Gasteiger partial charge in [-0.2, -0.15) is 0 Å². The predicted octanol–water partition coefficient (Wildman–Crippen LogP) is 2.23. The summed E-state index contributed by atoms with van der Waals surface area (Å²) in [5.74, 6) is 1.70. The van der Waals surface area contributed by atoms with Crippen molar-refractivity contribution < 1.29 is 14.2 Å². The number of aliphatic imine (C=N–C) groups is 1. The van der Waals surface area contributed by atoms with Crippen LogP contribution in [0.2, 0.25) is 0 Å². The van der Waals surface area contributed by atoms with E-state index in [0.29, 0.717) is 11.8 Å². The molecule has 5 atom stereocenters. The Labute approximate surface area is 103 Å². The Morgan fingerprint density at radius 3 is 2.65 bits per heavy atom. The van der Waals surface area contributed by atoms with Crippen LogP contribution < -0.4 is 0 Å². The first-order chi connectivity index (χ1) is 8.02. The number of methoxy groups -OCH3 is 1. The minimum absolute atomic E-state index is 0.00343. The Balaban J connectivity index is 2.17. The van der Waals surface area contributed by atoms with E-state index in [1.54, 1.807) is 7.11 Å². The summed E-state index contributed by atoms with van der Waals surface area (Å²) in [4.78, 5) is 4.56. The Bertz CT molecular complexity index is 303. The van der Waals surface area contributed by atoms with Gasteiger partial charge in [0.25, 0.3) is 0 Å². The van der Waals surface area contributed by atoms with Crippen LogP contribution in [0.15, 0.2) is 4.99 Å². The smallest absolute Gasteiger partial charge is 0.195 e. The van der Waals surface area contributed by atoms with Crippen LogP contribution in [0.3, 0.4) is 0 Å². The molecule has 2 aliphatic rings. The largest absolute Gasteiger partial charge is 0.472 e. The summed E-state index contributed by atoms with van der Waals surface area (Å²) in [6.07, 6.45) is 0.989. The zero-order valence-electron chi connectivity index (χ0n) is 11.3. The van der Waals surface area contributed by atoms with Gasteiger partial charge in [0.15, 0.2) is 18.3 Å². The number of fused-ring (bicyclic) bond motifs is 1. The standard InChI is InChI=1S/C13H23NO3/c1-7(2)14-12-9(4)10-6-8(3)16-13(15-5)11(10)17-12/h7-11,13H,6H2,1-5H3/b14-12+/t8-,9?,10-,11-,13-/m1/s1. The number of nitrogens with zero attached hydrogens (tertiary/aromatic N) is 1. The van der Waals surface area contributed by atoms with Gasteiger partial charge in [-0.15, -0.1) is 0 Å². The van der Waals surface area contributed by atoms with Gasteiger partial charge in [0, 0.05) is 25.0 Å². The second kappa shape index (κ2) is 4.94. The molecule has 0 aliphatic carbocycles. The van der Waals surface area contributed by atoms with Crippen molar-refractivity contribution in [3.05, 3.63) is 0 Å². The molecule has 4 nitrogen and oxygen atoms in total. The van der Waals surface area contributed by atoms with Crippen LogP contribution >= 0.6 is 0 Å². The molecule has 0 radical (unpaired) electrons. The molecule has 0 saturated carbocycles. The molecule has 0 N–H and O–H groups in total. The van der Waals surface area contributed by atoms with E-state index >= 15 is 0 Å². The Kier molecular flexibility index (Phi) is 3.73. The quantitative estimate of drug-likeness (QED) is 0.744. The molecule has 0 bridgehead atoms. The maximum Gasteiger partial charge on any atom is 0.195 e. The fourth-order valence-electron chi connectivity index (χ4n) is 2.73. The van der Waals surface area contributed by atoms with Crippen molar-refractivity contribution in [2.75, 3.05) is 7.11 Å². The van der Waals surface area contributed by atoms with Gasteiger partial charge in [-0.3, -0.25) is 4.99 Å². The third-order valence-electron chi connectivity index (χ3n) is 3.57. The van der Waals surface area contributed by atoms with Crippen molar-refractivity contribution in [3.63, 3.8) is 0 Å². The predicted molar refractivity (Wildman–Crippen MR) is 66.1 cm³/mol. The van der Waals surface area contributed by atoms with Crippen molar-refractivity contribution in [3.8, 4) is 0 Å². The normalized spacial score (nSPS) is 43.9. The van der Waals surface area contributed by atoms with Gasteiger partial charge < -0.3 is 14.2 Å². The molecule has 1 unspecified atom stereocenters. The second-order valence-electron chi connectivity index (χ2n) is 5.38. The van der Waals surface area contributed by atoms with E-state index in [4.69, 9.17) is 14.2 Å². The van der Waals surface area contributed by atoms with E-state index in [-0.39, 0.29) is 24.5 Å². The molecular formula is C13H23NO3. The zero-order valence-corrected chi connectivity index (χ0v) is 11.3. The Morgan fingerprint density at radius 1 is 1.35 bits per heavy atom. The van der Waals surface area contributed by atoms with Crippen LogP contribution in [0.1, 0.15) is 34.1 Å². The summed E-state index contributed by atoms with van der Waals surface area (Å²) in [5.41, 5.74) is 0. The van der Waals surface area contributed by atoms with E-state index < -0.39 is 0 Å². The highest BCUT2D eigenvalue weighted by Gasteiger charge is 2.49. The van der Waals surface area contributed by atoms with Crippen molar-refractivity contribution in [1.29, 1.82) is 0 Å². The summed E-state index contributed by atoms with van der Waals surface area (Å²) in [6, 6.07) is 0.270. The maximum atomic E-state index is 5.94. The average Bonchev–Trinajstić information content (AvgIpc) is 2.55. The van der Waals surface area contributed by atoms with Crippen LogP contribution in [0.5, 0.6) is 0 Å². The van der Waals surface area contributed by atoms with E-state index in [9.17, 15) is 0 Å². The lowest BCUT2D eigenvalue weighted by Gasteiger charge is -2.35. The van der Waals surface area contributed by atoms with Crippen LogP contribution in [0.25, 0.3) is 0 Å². The molecule has 0 amide bonds. The first kappa shape index (κ1) is 12.8. The van der Waals surface area contributed by atoms with Crippen molar-refractivity contribution in [1.82, 2.24) is 0 Å². The van der Waals surface area contributed by atoms with Gasteiger partial charge >= 0.3 is 0 Å². The summed E-state index contributed by atoms with van der Waals surface area (Å²) in [6.45, 7) is 8.42. The molecule has 2 rings (SSSR count). The first-order valence-corrected chi connectivity index (χ1v) is 6.45. The molecule has 2 fully saturated rings. The highest BCUT2D eigenvalue weighted by atomic mass is 16.7. The van der Waals surface area contributed by atoms with E-state index in [1.165, 1.54) is 0 Å². The van der Waals surface area contributed by atoms with Crippen LogP contribution in [-0.4, -0.2) is 37.5 Å². The minimum atomic E-state index is -0.258. The highest BCUT2D eigenvalue weighted by Crippen LogP contribution is 2.39. The molecule has 2 aliphatic heterocycles. The molecule has 2 heterocycles. The SMILES string of the molecule is CO[C@@H]1O[C@H](C)C[C@@H]2C(C)/C(=N\C(C)C)O[C@@H]12. The minimum Gasteiger partial charge on any atom is -0.472 e. The zero-order chi connectivity index (χ0) is 12.6. The van der Waals surface area contributed by atoms with Gasteiger partial charge in [0.2, 0.25) is 0 Å². The van der Waals surface area contributed by atoms with Gasteiger partial charge in [-0.05, 0) is 27.2 Å². The molecule has 17 heavy (non-hydrogen) atoms. The Morgan fingerprint density at radius 2 is 2.06 bits per heavy atom. The van der Waals surface area contributed by atoms with Crippen molar-refractivity contribution in [2.45, 2.75) is 58.7 Å². The lowest BCUT2D eigenvalue weighted by atomic mass is 9.85. The van der Waals surface area contributed by atoms with E-state index in [1.807, 2.05) is 0 Å². The third kappa shape index (κ3) is 2.47. The van der Waals surface area contributed by atoms with Gasteiger partial charge in [-0.1, -0.05) is 6.92 Å². The molecule has 0 aromatic rings. The van der Waals surface area contributed by atoms with E-state index in [0.717, 1.165) is 12.3 Å². The number of hydrogen-bond donors (Lipinski definition) is 0. The lowest BCUT2D eigenvalue weighted by molar-refractivity contribution is -0.230. The fraction of sp³-hybridized carbons (Fsp3) is 0.923. The summed E-state index contributed by atoms with van der Waals surface area (Å²) in [5, 5.41) is 0. The third-order valence-corrected chi connectivity index (χ3v) is 3.57. The fourth-order valence-corrected chi connectivity index (χ4v) is 2.73. The summed E-state index contributed by atoms with van der Waals surface area (Å²) < 4.78 is 17.1. The molecule has 0 spiro atoms. The van der Waals surface area contributed by atoms with Crippen LogP contribution in [-0.2, 0) is 14.2 Å². The summed E-state index contributed by atoms with van der Waals surface area (Å²) in [7, 11) is 1.67. The maximum absolute atomic E-state index is 5.94. The molecule has 4 heteroatoms. The number of rotatable bonds is 2. The summed E-state index contributed by atoms with van der Waals surface area (Å²) >= 11 is 0. The Hall–Kier alpha value is -0.610. The van der Waals surface area contributed by atoms with E-state index in [2.05, 4.69) is 32.7 Å². The molecule has 98 valence electrons. The van der Waals surface area contributed by atoms with Crippen molar-refractivity contribution >= 4 is 5.90 Å². The average molecular weight is 241 g/mol. The number of ether oxygens (including phenoxy) is 3. The van der Waals surface area contributed by atoms with Crippen molar-refractivity contribution in [2.24, 2.45) is 16.8 Å². The van der Waals surface area contributed by atoms with Gasteiger partial charge in [0.1, 0.15) is 0 Å².